The third-order valence-corrected chi connectivity index (χ3v) is 4.07. The maximum atomic E-state index is 11.5. The number of aryl methyl sites for hydroxylation is 1. The van der Waals surface area contributed by atoms with Gasteiger partial charge < -0.3 is 10.2 Å². The zero-order chi connectivity index (χ0) is 12.6. The minimum absolute atomic E-state index is 0.0381. The fraction of sp³-hybridized carbons (Fsp3) is 0.462. The highest BCUT2D eigenvalue weighted by atomic mass is 35.5. The summed E-state index contributed by atoms with van der Waals surface area (Å²) < 4.78 is 0. The lowest BCUT2D eigenvalue weighted by atomic mass is 9.78. The molecule has 0 unspecified atom stereocenters. The summed E-state index contributed by atoms with van der Waals surface area (Å²) >= 11 is 6.03. The molecule has 1 aliphatic carbocycles. The monoisotopic (exact) mass is 254 g/mol. The molecule has 1 aromatic rings. The molecule has 0 heterocycles. The van der Waals surface area contributed by atoms with Crippen molar-refractivity contribution in [1.29, 1.82) is 0 Å². The van der Waals surface area contributed by atoms with Crippen LogP contribution in [0.4, 0.5) is 0 Å². The lowest BCUT2D eigenvalue weighted by Crippen LogP contribution is -2.32. The van der Waals surface area contributed by atoms with E-state index in [-0.39, 0.29) is 5.75 Å². The van der Waals surface area contributed by atoms with E-state index in [0.29, 0.717) is 23.4 Å². The van der Waals surface area contributed by atoms with Crippen LogP contribution < -0.4 is 0 Å². The van der Waals surface area contributed by atoms with Crippen LogP contribution in [0.5, 0.6) is 5.75 Å². The Hall–Kier alpha value is -1.22. The first-order chi connectivity index (χ1) is 7.97. The number of phenols is 1. The van der Waals surface area contributed by atoms with Crippen LogP contribution in [0.2, 0.25) is 5.02 Å². The van der Waals surface area contributed by atoms with Gasteiger partial charge in [-0.05, 0) is 37.5 Å². The number of aromatic hydroxyl groups is 1. The third kappa shape index (κ3) is 1.89. The van der Waals surface area contributed by atoms with E-state index in [1.165, 1.54) is 0 Å². The number of rotatable bonds is 2. The Labute approximate surface area is 105 Å². The highest BCUT2D eigenvalue weighted by Gasteiger charge is 2.44. The van der Waals surface area contributed by atoms with E-state index >= 15 is 0 Å². The summed E-state index contributed by atoms with van der Waals surface area (Å²) in [5, 5.41) is 19.9. The molecular formula is C13H15ClO3. The van der Waals surface area contributed by atoms with E-state index in [1.807, 2.05) is 0 Å². The quantitative estimate of drug-likeness (QED) is 0.852. The van der Waals surface area contributed by atoms with Gasteiger partial charge in [-0.3, -0.25) is 4.79 Å². The summed E-state index contributed by atoms with van der Waals surface area (Å²) in [5.74, 6) is -0.832. The van der Waals surface area contributed by atoms with Crippen molar-refractivity contribution in [2.45, 2.75) is 38.0 Å². The molecule has 92 valence electrons. The van der Waals surface area contributed by atoms with E-state index in [1.54, 1.807) is 19.1 Å². The summed E-state index contributed by atoms with van der Waals surface area (Å²) in [4.78, 5) is 11.5. The lowest BCUT2D eigenvalue weighted by molar-refractivity contribution is -0.143. The van der Waals surface area contributed by atoms with Gasteiger partial charge >= 0.3 is 5.97 Å². The first-order valence-corrected chi connectivity index (χ1v) is 6.08. The number of hydrogen-bond donors (Lipinski definition) is 2. The van der Waals surface area contributed by atoms with Crippen molar-refractivity contribution in [3.8, 4) is 5.75 Å². The van der Waals surface area contributed by atoms with Crippen LogP contribution in [0.3, 0.4) is 0 Å². The second-order valence-electron chi connectivity index (χ2n) is 4.71. The molecule has 0 amide bonds. The minimum Gasteiger partial charge on any atom is -0.508 e. The van der Waals surface area contributed by atoms with Gasteiger partial charge in [-0.25, -0.2) is 0 Å². The molecule has 1 aliphatic rings. The van der Waals surface area contributed by atoms with Gasteiger partial charge in [-0.1, -0.05) is 24.4 Å². The van der Waals surface area contributed by atoms with E-state index < -0.39 is 11.4 Å². The van der Waals surface area contributed by atoms with E-state index in [0.717, 1.165) is 18.4 Å². The van der Waals surface area contributed by atoms with Gasteiger partial charge in [0, 0.05) is 10.6 Å². The molecular weight excluding hydrogens is 240 g/mol. The molecule has 2 N–H and O–H groups in total. The second-order valence-corrected chi connectivity index (χ2v) is 5.12. The summed E-state index contributed by atoms with van der Waals surface area (Å²) in [6.45, 7) is 1.79. The van der Waals surface area contributed by atoms with Gasteiger partial charge in [-0.2, -0.15) is 0 Å². The van der Waals surface area contributed by atoms with Crippen molar-refractivity contribution in [1.82, 2.24) is 0 Å². The Bertz CT molecular complexity index is 462. The zero-order valence-corrected chi connectivity index (χ0v) is 10.4. The summed E-state index contributed by atoms with van der Waals surface area (Å²) in [5.41, 5.74) is 0.256. The van der Waals surface area contributed by atoms with Gasteiger partial charge in [0.1, 0.15) is 5.75 Å². The van der Waals surface area contributed by atoms with Crippen LogP contribution in [0.25, 0.3) is 0 Å². The third-order valence-electron chi connectivity index (χ3n) is 3.66. The molecule has 0 atom stereocenters. The number of aliphatic carboxylic acids is 1. The highest BCUT2D eigenvalue weighted by Crippen LogP contribution is 2.46. The second kappa shape index (κ2) is 4.22. The molecule has 0 radical (unpaired) electrons. The van der Waals surface area contributed by atoms with Crippen molar-refractivity contribution in [2.24, 2.45) is 0 Å². The number of hydrogen-bond acceptors (Lipinski definition) is 2. The minimum atomic E-state index is -0.957. The molecule has 17 heavy (non-hydrogen) atoms. The lowest BCUT2D eigenvalue weighted by Gasteiger charge is -2.25. The summed E-state index contributed by atoms with van der Waals surface area (Å²) in [7, 11) is 0. The smallest absolute Gasteiger partial charge is 0.314 e. The number of carboxylic acids is 1. The van der Waals surface area contributed by atoms with Gasteiger partial charge in [0.2, 0.25) is 0 Å². The first kappa shape index (κ1) is 12.2. The van der Waals surface area contributed by atoms with Crippen LogP contribution >= 0.6 is 11.6 Å². The molecule has 0 saturated heterocycles. The Morgan fingerprint density at radius 3 is 2.47 bits per heavy atom. The molecule has 4 heteroatoms. The van der Waals surface area contributed by atoms with Crippen LogP contribution in [-0.4, -0.2) is 16.2 Å². The predicted molar refractivity (Wildman–Crippen MR) is 65.6 cm³/mol. The zero-order valence-electron chi connectivity index (χ0n) is 9.66. The van der Waals surface area contributed by atoms with Crippen LogP contribution in [0.1, 0.15) is 36.8 Å². The Kier molecular flexibility index (Phi) is 3.04. The van der Waals surface area contributed by atoms with Crippen LogP contribution in [-0.2, 0) is 10.2 Å². The van der Waals surface area contributed by atoms with Crippen molar-refractivity contribution in [2.75, 3.05) is 0 Å². The molecule has 1 saturated carbocycles. The van der Waals surface area contributed by atoms with Crippen molar-refractivity contribution >= 4 is 17.6 Å². The van der Waals surface area contributed by atoms with Crippen molar-refractivity contribution < 1.29 is 15.0 Å². The van der Waals surface area contributed by atoms with Crippen LogP contribution in [0, 0.1) is 6.92 Å². The molecule has 0 aliphatic heterocycles. The van der Waals surface area contributed by atoms with Crippen molar-refractivity contribution in [3.05, 3.63) is 28.3 Å². The fourth-order valence-electron chi connectivity index (χ4n) is 2.63. The molecule has 1 aromatic carbocycles. The number of carbonyl (C=O) groups is 1. The maximum absolute atomic E-state index is 11.5. The van der Waals surface area contributed by atoms with Gasteiger partial charge in [-0.15, -0.1) is 0 Å². The average molecular weight is 255 g/mol. The summed E-state index contributed by atoms with van der Waals surface area (Å²) in [6, 6.07) is 3.15. The van der Waals surface area contributed by atoms with E-state index in [9.17, 15) is 15.0 Å². The SMILES string of the molecule is Cc1cc(O)c(C2(C(=O)O)CCCC2)cc1Cl. The van der Waals surface area contributed by atoms with E-state index in [4.69, 9.17) is 11.6 Å². The number of phenolic OH excluding ortho intramolecular Hbond substituents is 1. The van der Waals surface area contributed by atoms with Gasteiger partial charge in [0.15, 0.2) is 0 Å². The van der Waals surface area contributed by atoms with E-state index in [2.05, 4.69) is 0 Å². The standard InChI is InChI=1S/C13H15ClO3/c1-8-6-11(15)9(7-10(8)14)13(12(16)17)4-2-3-5-13/h6-7,15H,2-5H2,1H3,(H,16,17). The number of carboxylic acid groups (broad SMARTS) is 1. The number of benzene rings is 1. The van der Waals surface area contributed by atoms with Gasteiger partial charge in [0.05, 0.1) is 5.41 Å². The Balaban J connectivity index is 2.58. The Morgan fingerprint density at radius 2 is 1.94 bits per heavy atom. The van der Waals surface area contributed by atoms with Crippen LogP contribution in [0.15, 0.2) is 12.1 Å². The highest BCUT2D eigenvalue weighted by molar-refractivity contribution is 6.31. The largest absolute Gasteiger partial charge is 0.508 e. The molecule has 0 spiro atoms. The summed E-state index contributed by atoms with van der Waals surface area (Å²) in [6.07, 6.45) is 2.87. The fourth-order valence-corrected chi connectivity index (χ4v) is 2.79. The number of halogens is 1. The molecule has 2 rings (SSSR count). The van der Waals surface area contributed by atoms with Gasteiger partial charge in [0.25, 0.3) is 0 Å². The average Bonchev–Trinajstić information content (AvgIpc) is 2.73. The Morgan fingerprint density at radius 1 is 1.35 bits per heavy atom. The molecule has 0 aromatic heterocycles. The molecule has 3 nitrogen and oxygen atoms in total. The molecule has 1 fully saturated rings. The van der Waals surface area contributed by atoms with Crippen molar-refractivity contribution in [3.63, 3.8) is 0 Å². The maximum Gasteiger partial charge on any atom is 0.314 e. The molecule has 0 bridgehead atoms. The topological polar surface area (TPSA) is 57.5 Å². The normalized spacial score (nSPS) is 18.2. The predicted octanol–water partition coefficient (Wildman–Crippen LogP) is 3.25. The first-order valence-electron chi connectivity index (χ1n) is 5.70.